The minimum absolute atomic E-state index is 0.0407. The molecule has 3 aromatic rings. The lowest BCUT2D eigenvalue weighted by Crippen LogP contribution is -2.48. The topological polar surface area (TPSA) is 79.8 Å². The van der Waals surface area contributed by atoms with Gasteiger partial charge in [-0.3, -0.25) is 14.9 Å². The average molecular weight is 438 g/mol. The molecule has 1 saturated heterocycles. The molecule has 158 valence electrons. The highest BCUT2D eigenvalue weighted by Crippen LogP contribution is 2.30. The molecular formula is C23H20ClN3O4. The Kier molecular flexibility index (Phi) is 6.04. The fourth-order valence-corrected chi connectivity index (χ4v) is 3.79. The zero-order valence-electron chi connectivity index (χ0n) is 16.6. The predicted molar refractivity (Wildman–Crippen MR) is 120 cm³/mol. The Labute approximate surface area is 184 Å². The molecule has 1 fully saturated rings. The van der Waals surface area contributed by atoms with E-state index in [2.05, 4.69) is 0 Å². The van der Waals surface area contributed by atoms with Crippen molar-refractivity contribution >= 4 is 35.0 Å². The van der Waals surface area contributed by atoms with Crippen LogP contribution in [0.5, 0.6) is 0 Å². The van der Waals surface area contributed by atoms with Crippen LogP contribution in [-0.2, 0) is 4.79 Å². The lowest BCUT2D eigenvalue weighted by atomic mass is 10.2. The van der Waals surface area contributed by atoms with Gasteiger partial charge in [0.15, 0.2) is 0 Å². The van der Waals surface area contributed by atoms with Crippen LogP contribution in [-0.4, -0.2) is 41.9 Å². The largest absolute Gasteiger partial charge is 0.457 e. The lowest BCUT2D eigenvalue weighted by Gasteiger charge is -2.36. The van der Waals surface area contributed by atoms with Gasteiger partial charge in [-0.15, -0.1) is 0 Å². The van der Waals surface area contributed by atoms with Crippen LogP contribution in [0.1, 0.15) is 5.76 Å². The first kappa shape index (κ1) is 20.7. The second-order valence-corrected chi connectivity index (χ2v) is 7.51. The van der Waals surface area contributed by atoms with Crippen molar-refractivity contribution in [1.82, 2.24) is 4.90 Å². The summed E-state index contributed by atoms with van der Waals surface area (Å²) in [5.41, 5.74) is 1.68. The molecule has 31 heavy (non-hydrogen) atoms. The number of nitro benzene ring substituents is 1. The molecule has 4 rings (SSSR count). The Hall–Kier alpha value is -3.58. The SMILES string of the molecule is O=C(/C=C/c1ccc(-c2ccccc2)o1)N1CCN(c2ccc([N+](=O)[O-])cc2Cl)CC1. The molecule has 1 aromatic heterocycles. The number of anilines is 1. The van der Waals surface area contributed by atoms with Gasteiger partial charge < -0.3 is 14.2 Å². The van der Waals surface area contributed by atoms with E-state index in [4.69, 9.17) is 16.0 Å². The van der Waals surface area contributed by atoms with Crippen molar-refractivity contribution in [1.29, 1.82) is 0 Å². The number of hydrogen-bond acceptors (Lipinski definition) is 5. The number of non-ortho nitro benzene ring substituents is 1. The van der Waals surface area contributed by atoms with E-state index >= 15 is 0 Å². The number of hydrogen-bond donors (Lipinski definition) is 0. The highest BCUT2D eigenvalue weighted by atomic mass is 35.5. The maximum atomic E-state index is 12.6. The fraction of sp³-hybridized carbons (Fsp3) is 0.174. The van der Waals surface area contributed by atoms with Crippen LogP contribution in [0.3, 0.4) is 0 Å². The van der Waals surface area contributed by atoms with Crippen molar-refractivity contribution in [2.24, 2.45) is 0 Å². The van der Waals surface area contributed by atoms with Crippen molar-refractivity contribution in [2.75, 3.05) is 31.1 Å². The minimum Gasteiger partial charge on any atom is -0.457 e. The first-order chi connectivity index (χ1) is 15.0. The third-order valence-corrected chi connectivity index (χ3v) is 5.45. The lowest BCUT2D eigenvalue weighted by molar-refractivity contribution is -0.384. The van der Waals surface area contributed by atoms with Crippen molar-refractivity contribution in [2.45, 2.75) is 0 Å². The Morgan fingerprint density at radius 3 is 2.45 bits per heavy atom. The molecule has 8 heteroatoms. The van der Waals surface area contributed by atoms with E-state index in [0.717, 1.165) is 17.0 Å². The number of furan rings is 1. The van der Waals surface area contributed by atoms with Crippen molar-refractivity contribution in [3.63, 3.8) is 0 Å². The Bertz CT molecular complexity index is 1120. The van der Waals surface area contributed by atoms with Gasteiger partial charge in [0.2, 0.25) is 5.91 Å². The molecule has 1 amide bonds. The van der Waals surface area contributed by atoms with Gasteiger partial charge in [-0.05, 0) is 24.3 Å². The second-order valence-electron chi connectivity index (χ2n) is 7.11. The standard InChI is InChI=1S/C23H20ClN3O4/c24-20-16-18(27(29)30)6-9-21(20)25-12-14-26(15-13-25)23(28)11-8-19-7-10-22(31-19)17-4-2-1-3-5-17/h1-11,16H,12-15H2/b11-8+. The molecule has 0 saturated carbocycles. The van der Waals surface area contributed by atoms with Crippen LogP contribution >= 0.6 is 11.6 Å². The molecule has 0 unspecified atom stereocenters. The maximum absolute atomic E-state index is 12.6. The summed E-state index contributed by atoms with van der Waals surface area (Å²) in [6.07, 6.45) is 3.19. The Balaban J connectivity index is 1.34. The van der Waals surface area contributed by atoms with E-state index in [1.807, 2.05) is 47.4 Å². The predicted octanol–water partition coefficient (Wildman–Crippen LogP) is 4.87. The number of benzene rings is 2. The van der Waals surface area contributed by atoms with Crippen LogP contribution in [0.25, 0.3) is 17.4 Å². The number of halogens is 1. The maximum Gasteiger partial charge on any atom is 0.271 e. The molecule has 0 bridgehead atoms. The molecule has 1 aliphatic heterocycles. The summed E-state index contributed by atoms with van der Waals surface area (Å²) in [5.74, 6) is 1.27. The van der Waals surface area contributed by atoms with Gasteiger partial charge in [0.25, 0.3) is 5.69 Å². The van der Waals surface area contributed by atoms with Crippen molar-refractivity contribution in [3.05, 3.63) is 87.6 Å². The van der Waals surface area contributed by atoms with E-state index in [9.17, 15) is 14.9 Å². The van der Waals surface area contributed by atoms with Gasteiger partial charge in [-0.1, -0.05) is 41.9 Å². The van der Waals surface area contributed by atoms with Gasteiger partial charge >= 0.3 is 0 Å². The smallest absolute Gasteiger partial charge is 0.271 e. The molecule has 7 nitrogen and oxygen atoms in total. The Morgan fingerprint density at radius 2 is 1.77 bits per heavy atom. The van der Waals surface area contributed by atoms with E-state index in [1.165, 1.54) is 18.2 Å². The molecule has 0 N–H and O–H groups in total. The van der Waals surface area contributed by atoms with Gasteiger partial charge in [0, 0.05) is 50.0 Å². The molecule has 0 spiro atoms. The third kappa shape index (κ3) is 4.78. The number of carbonyl (C=O) groups excluding carboxylic acids is 1. The van der Waals surface area contributed by atoms with Crippen LogP contribution in [0.2, 0.25) is 5.02 Å². The van der Waals surface area contributed by atoms with Crippen LogP contribution in [0.15, 0.2) is 71.2 Å². The quantitative estimate of drug-likeness (QED) is 0.323. The highest BCUT2D eigenvalue weighted by Gasteiger charge is 2.22. The molecule has 0 aliphatic carbocycles. The van der Waals surface area contributed by atoms with E-state index in [1.54, 1.807) is 17.0 Å². The zero-order valence-corrected chi connectivity index (χ0v) is 17.4. The van der Waals surface area contributed by atoms with Crippen molar-refractivity contribution < 1.29 is 14.1 Å². The molecule has 2 aromatic carbocycles. The summed E-state index contributed by atoms with van der Waals surface area (Å²) in [6, 6.07) is 17.9. The number of amides is 1. The van der Waals surface area contributed by atoms with Crippen molar-refractivity contribution in [3.8, 4) is 11.3 Å². The minimum atomic E-state index is -0.472. The van der Waals surface area contributed by atoms with Gasteiger partial charge in [0.1, 0.15) is 11.5 Å². The van der Waals surface area contributed by atoms with Gasteiger partial charge in [-0.25, -0.2) is 0 Å². The summed E-state index contributed by atoms with van der Waals surface area (Å²) in [4.78, 5) is 26.7. The Morgan fingerprint density at radius 1 is 1.03 bits per heavy atom. The number of piperazine rings is 1. The van der Waals surface area contributed by atoms with Crippen LogP contribution in [0, 0.1) is 10.1 Å². The summed E-state index contributed by atoms with van der Waals surface area (Å²) in [6.45, 7) is 2.25. The van der Waals surface area contributed by atoms with Crippen LogP contribution < -0.4 is 4.90 Å². The number of carbonyl (C=O) groups is 1. The van der Waals surface area contributed by atoms with E-state index in [0.29, 0.717) is 37.0 Å². The number of nitro groups is 1. The molecule has 1 aliphatic rings. The first-order valence-corrected chi connectivity index (χ1v) is 10.2. The van der Waals surface area contributed by atoms with Gasteiger partial charge in [-0.2, -0.15) is 0 Å². The summed E-state index contributed by atoms with van der Waals surface area (Å²) in [5, 5.41) is 11.2. The third-order valence-electron chi connectivity index (χ3n) is 5.15. The zero-order chi connectivity index (χ0) is 21.8. The normalized spacial score (nSPS) is 14.2. The first-order valence-electron chi connectivity index (χ1n) is 9.82. The van der Waals surface area contributed by atoms with Gasteiger partial charge in [0.05, 0.1) is 15.6 Å². The molecular weight excluding hydrogens is 418 g/mol. The van der Waals surface area contributed by atoms with Crippen LogP contribution in [0.4, 0.5) is 11.4 Å². The second kappa shape index (κ2) is 9.06. The summed E-state index contributed by atoms with van der Waals surface area (Å²) >= 11 is 6.22. The average Bonchev–Trinajstić information content (AvgIpc) is 3.27. The summed E-state index contributed by atoms with van der Waals surface area (Å²) in [7, 11) is 0. The van der Waals surface area contributed by atoms with E-state index in [-0.39, 0.29) is 11.6 Å². The summed E-state index contributed by atoms with van der Waals surface area (Å²) < 4.78 is 5.79. The fourth-order valence-electron chi connectivity index (χ4n) is 3.49. The highest BCUT2D eigenvalue weighted by molar-refractivity contribution is 6.33. The molecule has 0 atom stereocenters. The molecule has 2 heterocycles. The monoisotopic (exact) mass is 437 g/mol. The number of rotatable bonds is 5. The number of nitrogens with zero attached hydrogens (tertiary/aromatic N) is 3. The molecule has 0 radical (unpaired) electrons. The van der Waals surface area contributed by atoms with E-state index < -0.39 is 4.92 Å².